The number of thioether (sulfide) groups is 1. The summed E-state index contributed by atoms with van der Waals surface area (Å²) in [5.74, 6) is 2.00. The molecule has 0 aromatic heterocycles. The molecule has 0 fully saturated rings. The van der Waals surface area contributed by atoms with Gasteiger partial charge in [-0.1, -0.05) is 42.1 Å². The molecule has 2 aromatic rings. The van der Waals surface area contributed by atoms with Crippen molar-refractivity contribution in [3.05, 3.63) is 56.5 Å². The number of methoxy groups -OCH3 is 1. The van der Waals surface area contributed by atoms with Crippen molar-refractivity contribution in [1.29, 1.82) is 0 Å². The third-order valence-electron chi connectivity index (χ3n) is 3.25. The molecule has 0 saturated carbocycles. The number of ether oxygens (including phenoxy) is 2. The first-order chi connectivity index (χ1) is 12.6. The molecule has 0 heterocycles. The molecule has 138 valence electrons. The molecule has 26 heavy (non-hydrogen) atoms. The van der Waals surface area contributed by atoms with E-state index in [0.29, 0.717) is 23.3 Å². The summed E-state index contributed by atoms with van der Waals surface area (Å²) in [6, 6.07) is 11.9. The van der Waals surface area contributed by atoms with Crippen LogP contribution >= 0.6 is 43.6 Å². The minimum absolute atomic E-state index is 0.401. The summed E-state index contributed by atoms with van der Waals surface area (Å²) in [5.41, 5.74) is 7.88. The van der Waals surface area contributed by atoms with Gasteiger partial charge in [-0.25, -0.2) is 0 Å². The van der Waals surface area contributed by atoms with E-state index in [9.17, 15) is 0 Å². The van der Waals surface area contributed by atoms with Crippen LogP contribution in [0.3, 0.4) is 0 Å². The van der Waals surface area contributed by atoms with E-state index in [1.54, 1.807) is 13.3 Å². The SMILES string of the molecule is CCOc1c(OC)cc(C=NN=C(N)SCc2ccccc2)c(Br)c1Br. The number of halogens is 2. The van der Waals surface area contributed by atoms with E-state index >= 15 is 0 Å². The highest BCUT2D eigenvalue weighted by Gasteiger charge is 2.15. The Balaban J connectivity index is 2.10. The molecular formula is C18H19Br2N3O2S. The Hall–Kier alpha value is -1.51. The predicted octanol–water partition coefficient (Wildman–Crippen LogP) is 5.20. The minimum Gasteiger partial charge on any atom is -0.493 e. The molecule has 0 unspecified atom stereocenters. The molecule has 0 aliphatic heterocycles. The molecule has 2 rings (SSSR count). The van der Waals surface area contributed by atoms with Gasteiger partial charge in [0.25, 0.3) is 0 Å². The number of nitrogens with two attached hydrogens (primary N) is 1. The summed E-state index contributed by atoms with van der Waals surface area (Å²) < 4.78 is 12.6. The van der Waals surface area contributed by atoms with E-state index in [4.69, 9.17) is 15.2 Å². The molecule has 8 heteroatoms. The van der Waals surface area contributed by atoms with Crippen molar-refractivity contribution >= 4 is 55.0 Å². The van der Waals surface area contributed by atoms with Crippen molar-refractivity contribution in [2.45, 2.75) is 12.7 Å². The van der Waals surface area contributed by atoms with E-state index < -0.39 is 0 Å². The van der Waals surface area contributed by atoms with Crippen LogP contribution in [0.15, 0.2) is 55.5 Å². The lowest BCUT2D eigenvalue weighted by atomic mass is 10.2. The van der Waals surface area contributed by atoms with Crippen LogP contribution in [0, 0.1) is 0 Å². The standard InChI is InChI=1S/C18H19Br2N3O2S/c1-3-25-17-14(24-2)9-13(15(19)16(17)20)10-22-23-18(21)26-11-12-7-5-4-6-8-12/h4-10H,3,11H2,1-2H3,(H2,21,23). The van der Waals surface area contributed by atoms with Gasteiger partial charge in [-0.2, -0.15) is 5.10 Å². The van der Waals surface area contributed by atoms with Gasteiger partial charge in [0.2, 0.25) is 0 Å². The summed E-state index contributed by atoms with van der Waals surface area (Å²) in [6.45, 7) is 2.45. The van der Waals surface area contributed by atoms with Crippen LogP contribution in [-0.2, 0) is 5.75 Å². The van der Waals surface area contributed by atoms with E-state index in [-0.39, 0.29) is 0 Å². The summed E-state index contributed by atoms with van der Waals surface area (Å²) in [5, 5.41) is 8.52. The van der Waals surface area contributed by atoms with Crippen LogP contribution in [0.1, 0.15) is 18.1 Å². The number of benzene rings is 2. The quantitative estimate of drug-likeness (QED) is 0.322. The average Bonchev–Trinajstić information content (AvgIpc) is 2.66. The summed E-state index contributed by atoms with van der Waals surface area (Å²) >= 11 is 8.49. The smallest absolute Gasteiger partial charge is 0.180 e. The van der Waals surface area contributed by atoms with Crippen LogP contribution < -0.4 is 15.2 Å². The second kappa shape index (κ2) is 10.6. The second-order valence-corrected chi connectivity index (χ2v) is 7.60. The van der Waals surface area contributed by atoms with Gasteiger partial charge in [0.05, 0.1) is 24.4 Å². The monoisotopic (exact) mass is 499 g/mol. The molecule has 0 saturated heterocycles. The second-order valence-electron chi connectivity index (χ2n) is 5.02. The van der Waals surface area contributed by atoms with E-state index in [1.807, 2.05) is 43.3 Å². The van der Waals surface area contributed by atoms with Crippen molar-refractivity contribution in [2.24, 2.45) is 15.9 Å². The lowest BCUT2D eigenvalue weighted by Crippen LogP contribution is -2.06. The maximum absolute atomic E-state index is 5.91. The third-order valence-corrected chi connectivity index (χ3v) is 6.25. The zero-order valence-corrected chi connectivity index (χ0v) is 18.4. The highest BCUT2D eigenvalue weighted by atomic mass is 79.9. The van der Waals surface area contributed by atoms with Gasteiger partial charge < -0.3 is 15.2 Å². The molecule has 0 spiro atoms. The topological polar surface area (TPSA) is 69.2 Å². The summed E-state index contributed by atoms with van der Waals surface area (Å²) in [4.78, 5) is 0. The van der Waals surface area contributed by atoms with Gasteiger partial charge in [0.1, 0.15) is 0 Å². The molecule has 0 aliphatic rings. The highest BCUT2D eigenvalue weighted by Crippen LogP contribution is 2.42. The minimum atomic E-state index is 0.401. The zero-order chi connectivity index (χ0) is 18.9. The van der Waals surface area contributed by atoms with Crippen LogP contribution in [0.2, 0.25) is 0 Å². The van der Waals surface area contributed by atoms with Gasteiger partial charge in [-0.3, -0.25) is 0 Å². The number of amidine groups is 1. The lowest BCUT2D eigenvalue weighted by molar-refractivity contribution is 0.308. The Morgan fingerprint density at radius 2 is 1.96 bits per heavy atom. The van der Waals surface area contributed by atoms with E-state index in [0.717, 1.165) is 20.3 Å². The Morgan fingerprint density at radius 3 is 2.62 bits per heavy atom. The normalized spacial score (nSPS) is 11.8. The molecule has 0 radical (unpaired) electrons. The van der Waals surface area contributed by atoms with Gasteiger partial charge >= 0.3 is 0 Å². The van der Waals surface area contributed by atoms with E-state index in [2.05, 4.69) is 42.1 Å². The van der Waals surface area contributed by atoms with E-state index in [1.165, 1.54) is 17.3 Å². The molecule has 0 aliphatic carbocycles. The molecule has 5 nitrogen and oxygen atoms in total. The fourth-order valence-corrected chi connectivity index (χ4v) is 3.58. The highest BCUT2D eigenvalue weighted by molar-refractivity contribution is 9.13. The zero-order valence-electron chi connectivity index (χ0n) is 14.4. The molecule has 0 bridgehead atoms. The molecular weight excluding hydrogens is 482 g/mol. The van der Waals surface area contributed by atoms with Crippen molar-refractivity contribution in [3.63, 3.8) is 0 Å². The van der Waals surface area contributed by atoms with Crippen molar-refractivity contribution < 1.29 is 9.47 Å². The van der Waals surface area contributed by atoms with Crippen LogP contribution in [0.5, 0.6) is 11.5 Å². The number of hydrogen-bond acceptors (Lipinski definition) is 5. The van der Waals surface area contributed by atoms with Crippen LogP contribution in [-0.4, -0.2) is 25.1 Å². The first kappa shape index (κ1) is 20.8. The predicted molar refractivity (Wildman–Crippen MR) is 117 cm³/mol. The molecule has 2 N–H and O–H groups in total. The van der Waals surface area contributed by atoms with Crippen molar-refractivity contribution in [3.8, 4) is 11.5 Å². The number of rotatable bonds is 7. The van der Waals surface area contributed by atoms with Crippen molar-refractivity contribution in [2.75, 3.05) is 13.7 Å². The summed E-state index contributed by atoms with van der Waals surface area (Å²) in [6.07, 6.45) is 1.61. The lowest BCUT2D eigenvalue weighted by Gasteiger charge is -2.14. The molecule has 0 atom stereocenters. The first-order valence-electron chi connectivity index (χ1n) is 7.78. The third kappa shape index (κ3) is 5.75. The van der Waals surface area contributed by atoms with Gasteiger partial charge in [0.15, 0.2) is 16.7 Å². The van der Waals surface area contributed by atoms with Crippen molar-refractivity contribution in [1.82, 2.24) is 0 Å². The Morgan fingerprint density at radius 1 is 1.23 bits per heavy atom. The fraction of sp³-hybridized carbons (Fsp3) is 0.222. The van der Waals surface area contributed by atoms with Gasteiger partial charge in [-0.15, -0.1) is 5.10 Å². The largest absolute Gasteiger partial charge is 0.493 e. The Kier molecular flexibility index (Phi) is 8.47. The van der Waals surface area contributed by atoms with Crippen LogP contribution in [0.25, 0.3) is 0 Å². The average molecular weight is 501 g/mol. The number of hydrogen-bond donors (Lipinski definition) is 1. The fourth-order valence-electron chi connectivity index (χ4n) is 2.04. The summed E-state index contributed by atoms with van der Waals surface area (Å²) in [7, 11) is 1.59. The van der Waals surface area contributed by atoms with Gasteiger partial charge in [-0.05, 0) is 50.4 Å². The first-order valence-corrected chi connectivity index (χ1v) is 10.4. The van der Waals surface area contributed by atoms with Gasteiger partial charge in [0, 0.05) is 15.8 Å². The number of nitrogens with zero attached hydrogens (tertiary/aromatic N) is 2. The Labute approximate surface area is 174 Å². The Bertz CT molecular complexity index is 799. The molecule has 0 amide bonds. The maximum Gasteiger partial charge on any atom is 0.180 e. The maximum atomic E-state index is 5.91. The molecule has 2 aromatic carbocycles. The van der Waals surface area contributed by atoms with Crippen LogP contribution in [0.4, 0.5) is 0 Å².